The molecule has 1 aromatic rings. The molecule has 0 aliphatic rings. The van der Waals surface area contributed by atoms with Gasteiger partial charge in [0.15, 0.2) is 0 Å². The summed E-state index contributed by atoms with van der Waals surface area (Å²) in [6.07, 6.45) is 0. The largest absolute Gasteiger partial charge is 0.481 e. The third kappa shape index (κ3) is 3.55. The Kier molecular flexibility index (Phi) is 5.11. The molecule has 0 amide bonds. The number of aliphatic carboxylic acids is 1. The summed E-state index contributed by atoms with van der Waals surface area (Å²) in [7, 11) is -3.61. The van der Waals surface area contributed by atoms with E-state index < -0.39 is 21.9 Å². The van der Waals surface area contributed by atoms with Crippen LogP contribution in [0.3, 0.4) is 0 Å². The molecule has 0 bridgehead atoms. The molecule has 1 N–H and O–H groups in total. The highest BCUT2D eigenvalue weighted by Gasteiger charge is 2.29. The van der Waals surface area contributed by atoms with Crippen LogP contribution in [0.2, 0.25) is 0 Å². The Hall–Kier alpha value is -0.920. The minimum absolute atomic E-state index is 0.0114. The summed E-state index contributed by atoms with van der Waals surface area (Å²) in [6.45, 7) is 7.08. The standard InChI is InChI=1S/C12H19NO4S2/c1-5-13(7-8(2)12(14)15)19(16,17)11-6-9(3)18-10(11)4/h6,8H,5,7H2,1-4H3,(H,14,15). The maximum Gasteiger partial charge on any atom is 0.307 e. The van der Waals surface area contributed by atoms with Crippen molar-refractivity contribution in [3.8, 4) is 0 Å². The smallest absolute Gasteiger partial charge is 0.307 e. The summed E-state index contributed by atoms with van der Waals surface area (Å²) in [4.78, 5) is 12.8. The SMILES string of the molecule is CCN(CC(C)C(=O)O)S(=O)(=O)c1cc(C)sc1C. The number of rotatable bonds is 6. The molecule has 0 fully saturated rings. The zero-order valence-corrected chi connectivity index (χ0v) is 13.1. The van der Waals surface area contributed by atoms with Gasteiger partial charge in [0.25, 0.3) is 0 Å². The first kappa shape index (κ1) is 16.1. The zero-order valence-electron chi connectivity index (χ0n) is 11.5. The van der Waals surface area contributed by atoms with Gasteiger partial charge in [0.05, 0.1) is 10.8 Å². The van der Waals surface area contributed by atoms with Gasteiger partial charge in [0, 0.05) is 22.8 Å². The Labute approximate surface area is 117 Å². The molecule has 0 saturated carbocycles. The molecule has 0 radical (unpaired) electrons. The zero-order chi connectivity index (χ0) is 14.8. The Morgan fingerprint density at radius 1 is 1.47 bits per heavy atom. The van der Waals surface area contributed by atoms with Crippen LogP contribution in [0, 0.1) is 19.8 Å². The Bertz CT molecular complexity index is 562. The normalized spacial score (nSPS) is 13.7. The molecule has 0 aliphatic heterocycles. The van der Waals surface area contributed by atoms with Gasteiger partial charge in [-0.05, 0) is 19.9 Å². The minimum atomic E-state index is -3.61. The van der Waals surface area contributed by atoms with Crippen LogP contribution < -0.4 is 0 Å². The van der Waals surface area contributed by atoms with Crippen LogP contribution in [0.4, 0.5) is 0 Å². The number of carboxylic acids is 1. The lowest BCUT2D eigenvalue weighted by Crippen LogP contribution is -2.36. The molecule has 0 saturated heterocycles. The van der Waals surface area contributed by atoms with Gasteiger partial charge < -0.3 is 5.11 Å². The maximum atomic E-state index is 12.5. The van der Waals surface area contributed by atoms with Crippen LogP contribution in [0.1, 0.15) is 23.6 Å². The fraction of sp³-hybridized carbons (Fsp3) is 0.583. The average molecular weight is 305 g/mol. The first-order valence-electron chi connectivity index (χ1n) is 6.00. The lowest BCUT2D eigenvalue weighted by atomic mass is 10.2. The van der Waals surface area contributed by atoms with Gasteiger partial charge in [-0.3, -0.25) is 4.79 Å². The van der Waals surface area contributed by atoms with Gasteiger partial charge in [-0.15, -0.1) is 11.3 Å². The minimum Gasteiger partial charge on any atom is -0.481 e. The van der Waals surface area contributed by atoms with Crippen LogP contribution in [0.5, 0.6) is 0 Å². The number of aryl methyl sites for hydroxylation is 2. The molecular weight excluding hydrogens is 286 g/mol. The van der Waals surface area contributed by atoms with Crippen molar-refractivity contribution in [1.82, 2.24) is 4.31 Å². The topological polar surface area (TPSA) is 74.7 Å². The van der Waals surface area contributed by atoms with Crippen molar-refractivity contribution in [3.63, 3.8) is 0 Å². The highest BCUT2D eigenvalue weighted by atomic mass is 32.2. The second-order valence-electron chi connectivity index (χ2n) is 4.47. The van der Waals surface area contributed by atoms with Crippen molar-refractivity contribution >= 4 is 27.3 Å². The lowest BCUT2D eigenvalue weighted by Gasteiger charge is -2.22. The Morgan fingerprint density at radius 2 is 2.05 bits per heavy atom. The van der Waals surface area contributed by atoms with E-state index in [9.17, 15) is 13.2 Å². The third-order valence-electron chi connectivity index (χ3n) is 2.87. The van der Waals surface area contributed by atoms with Crippen molar-refractivity contribution < 1.29 is 18.3 Å². The molecule has 1 heterocycles. The van der Waals surface area contributed by atoms with E-state index in [-0.39, 0.29) is 18.0 Å². The van der Waals surface area contributed by atoms with E-state index in [1.165, 1.54) is 22.6 Å². The van der Waals surface area contributed by atoms with Crippen molar-refractivity contribution in [1.29, 1.82) is 0 Å². The number of hydrogen-bond acceptors (Lipinski definition) is 4. The molecule has 1 unspecified atom stereocenters. The molecular formula is C12H19NO4S2. The number of carbonyl (C=O) groups is 1. The number of sulfonamides is 1. The fourth-order valence-electron chi connectivity index (χ4n) is 1.78. The van der Waals surface area contributed by atoms with Crippen molar-refractivity contribution in [2.45, 2.75) is 32.6 Å². The molecule has 1 rings (SSSR count). The summed E-state index contributed by atoms with van der Waals surface area (Å²) in [6, 6.07) is 1.64. The van der Waals surface area contributed by atoms with E-state index in [2.05, 4.69) is 0 Å². The molecule has 1 aromatic heterocycles. The fourth-order valence-corrected chi connectivity index (χ4v) is 4.85. The molecule has 108 valence electrons. The van der Waals surface area contributed by atoms with E-state index in [1.54, 1.807) is 19.9 Å². The van der Waals surface area contributed by atoms with Gasteiger partial charge >= 0.3 is 5.97 Å². The second-order valence-corrected chi connectivity index (χ2v) is 7.84. The van der Waals surface area contributed by atoms with Crippen molar-refractivity contribution in [2.24, 2.45) is 5.92 Å². The Balaban J connectivity index is 3.09. The van der Waals surface area contributed by atoms with Gasteiger partial charge in [0.2, 0.25) is 10.0 Å². The molecule has 1 atom stereocenters. The van der Waals surface area contributed by atoms with Gasteiger partial charge in [-0.1, -0.05) is 13.8 Å². The first-order chi connectivity index (χ1) is 8.70. The molecule has 19 heavy (non-hydrogen) atoms. The van der Waals surface area contributed by atoms with Gasteiger partial charge in [0.1, 0.15) is 0 Å². The number of thiophene rings is 1. The summed E-state index contributed by atoms with van der Waals surface area (Å²) in [5, 5.41) is 8.90. The van der Waals surface area contributed by atoms with Gasteiger partial charge in [-0.2, -0.15) is 4.31 Å². The second kappa shape index (κ2) is 6.02. The lowest BCUT2D eigenvalue weighted by molar-refractivity contribution is -0.141. The molecule has 0 aromatic carbocycles. The summed E-state index contributed by atoms with van der Waals surface area (Å²) in [5.41, 5.74) is 0. The average Bonchev–Trinajstić information content (AvgIpc) is 2.65. The predicted molar refractivity (Wildman–Crippen MR) is 75.0 cm³/mol. The third-order valence-corrected chi connectivity index (χ3v) is 6.03. The number of carboxylic acid groups (broad SMARTS) is 1. The van der Waals surface area contributed by atoms with Crippen molar-refractivity contribution in [2.75, 3.05) is 13.1 Å². The molecule has 0 spiro atoms. The number of nitrogens with zero attached hydrogens (tertiary/aromatic N) is 1. The predicted octanol–water partition coefficient (Wildman–Crippen LogP) is 2.10. The maximum absolute atomic E-state index is 12.5. The quantitative estimate of drug-likeness (QED) is 0.873. The Morgan fingerprint density at radius 3 is 2.42 bits per heavy atom. The summed E-state index contributed by atoms with van der Waals surface area (Å²) >= 11 is 1.43. The molecule has 7 heteroatoms. The highest BCUT2D eigenvalue weighted by molar-refractivity contribution is 7.89. The van der Waals surface area contributed by atoms with Crippen LogP contribution >= 0.6 is 11.3 Å². The van der Waals surface area contributed by atoms with Crippen LogP contribution in [0.15, 0.2) is 11.0 Å². The van der Waals surface area contributed by atoms with Crippen LogP contribution in [-0.2, 0) is 14.8 Å². The van der Waals surface area contributed by atoms with E-state index in [1.807, 2.05) is 6.92 Å². The van der Waals surface area contributed by atoms with Crippen LogP contribution in [-0.4, -0.2) is 36.9 Å². The van der Waals surface area contributed by atoms with Crippen LogP contribution in [0.25, 0.3) is 0 Å². The summed E-state index contributed by atoms with van der Waals surface area (Å²) in [5.74, 6) is -1.72. The van der Waals surface area contributed by atoms with Gasteiger partial charge in [-0.25, -0.2) is 8.42 Å². The van der Waals surface area contributed by atoms with E-state index in [0.717, 1.165) is 9.75 Å². The van der Waals surface area contributed by atoms with E-state index in [0.29, 0.717) is 0 Å². The summed E-state index contributed by atoms with van der Waals surface area (Å²) < 4.78 is 26.2. The van der Waals surface area contributed by atoms with Crippen molar-refractivity contribution in [3.05, 3.63) is 15.8 Å². The number of hydrogen-bond donors (Lipinski definition) is 1. The highest BCUT2D eigenvalue weighted by Crippen LogP contribution is 2.27. The molecule has 0 aliphatic carbocycles. The van der Waals surface area contributed by atoms with E-state index in [4.69, 9.17) is 5.11 Å². The molecule has 5 nitrogen and oxygen atoms in total. The monoisotopic (exact) mass is 305 g/mol. The first-order valence-corrected chi connectivity index (χ1v) is 8.25. The van der Waals surface area contributed by atoms with E-state index >= 15 is 0 Å².